The molecule has 3 rings (SSSR count). The summed E-state index contributed by atoms with van der Waals surface area (Å²) < 4.78 is 11.4. The highest BCUT2D eigenvalue weighted by atomic mass is 127. The molecule has 0 amide bonds. The Balaban J connectivity index is 0.00000192. The molecule has 2 aromatic carbocycles. The third-order valence-corrected chi connectivity index (χ3v) is 3.32. The molecule has 1 aliphatic rings. The number of hydrogen-bond acceptors (Lipinski definition) is 3. The van der Waals surface area contributed by atoms with Gasteiger partial charge in [-0.25, -0.2) is 4.99 Å². The highest BCUT2D eigenvalue weighted by Crippen LogP contribution is 2.33. The minimum absolute atomic E-state index is 0. The van der Waals surface area contributed by atoms with Crippen LogP contribution in [0.3, 0.4) is 0 Å². The van der Waals surface area contributed by atoms with Crippen LogP contribution in [-0.2, 0) is 6.54 Å². The van der Waals surface area contributed by atoms with E-state index in [1.807, 2.05) is 48.5 Å². The lowest BCUT2D eigenvalue weighted by molar-refractivity contribution is 0.296. The number of benzene rings is 2. The van der Waals surface area contributed by atoms with Gasteiger partial charge in [0.1, 0.15) is 0 Å². The Morgan fingerprint density at radius 2 is 1.83 bits per heavy atom. The first-order valence-electron chi connectivity index (χ1n) is 7.32. The second-order valence-electron chi connectivity index (χ2n) is 4.99. The number of nitrogens with one attached hydrogen (secondary N) is 1. The molecule has 0 aliphatic carbocycles. The van der Waals surface area contributed by atoms with Gasteiger partial charge < -0.3 is 20.5 Å². The topological polar surface area (TPSA) is 68.9 Å². The van der Waals surface area contributed by atoms with Crippen molar-refractivity contribution in [3.63, 3.8) is 0 Å². The van der Waals surface area contributed by atoms with Crippen LogP contribution in [0.5, 0.6) is 11.5 Å². The number of nitrogens with zero attached hydrogens (tertiary/aromatic N) is 1. The molecule has 0 aromatic heterocycles. The molecular formula is C17H20IN3O2. The average molecular weight is 425 g/mol. The molecular weight excluding hydrogens is 405 g/mol. The zero-order chi connectivity index (χ0) is 15.2. The van der Waals surface area contributed by atoms with Crippen LogP contribution in [0.4, 0.5) is 5.69 Å². The van der Waals surface area contributed by atoms with Crippen LogP contribution in [-0.4, -0.2) is 19.2 Å². The molecule has 23 heavy (non-hydrogen) atoms. The Kier molecular flexibility index (Phi) is 6.52. The number of aliphatic imine (C=N–C) groups is 1. The fraction of sp³-hybridized carbons (Fsp3) is 0.235. The first kappa shape index (κ1) is 17.4. The first-order valence-corrected chi connectivity index (χ1v) is 7.32. The molecule has 0 spiro atoms. The van der Waals surface area contributed by atoms with Crippen LogP contribution in [0.15, 0.2) is 53.5 Å². The maximum absolute atomic E-state index is 5.93. The Hall–Kier alpha value is -1.96. The Bertz CT molecular complexity index is 662. The maximum atomic E-state index is 5.93. The number of para-hydroxylation sites is 2. The van der Waals surface area contributed by atoms with Gasteiger partial charge in [-0.2, -0.15) is 0 Å². The van der Waals surface area contributed by atoms with E-state index in [1.54, 1.807) is 0 Å². The number of nitrogens with two attached hydrogens (primary N) is 1. The van der Waals surface area contributed by atoms with E-state index in [2.05, 4.69) is 10.3 Å². The fourth-order valence-electron chi connectivity index (χ4n) is 2.26. The van der Waals surface area contributed by atoms with Gasteiger partial charge in [0.15, 0.2) is 17.5 Å². The number of fused-ring (bicyclic) bond motifs is 1. The Labute approximate surface area is 152 Å². The molecule has 0 fully saturated rings. The van der Waals surface area contributed by atoms with E-state index in [9.17, 15) is 0 Å². The average Bonchev–Trinajstić information content (AvgIpc) is 2.79. The van der Waals surface area contributed by atoms with Gasteiger partial charge in [0.25, 0.3) is 0 Å². The standard InChI is InChI=1S/C17H19N3O2.HI/c18-17(20-14-7-2-1-3-8-14)19-12-13-6-4-9-15-16(13)22-11-5-10-21-15;/h1-4,6-9H,5,10-12H2,(H3,18,19,20);1H. The van der Waals surface area contributed by atoms with E-state index in [0.717, 1.165) is 29.2 Å². The molecule has 6 heteroatoms. The van der Waals surface area contributed by atoms with E-state index in [4.69, 9.17) is 15.2 Å². The minimum atomic E-state index is 0. The van der Waals surface area contributed by atoms with Crippen molar-refractivity contribution < 1.29 is 9.47 Å². The molecule has 0 unspecified atom stereocenters. The van der Waals surface area contributed by atoms with Crippen LogP contribution in [0, 0.1) is 0 Å². The molecule has 0 atom stereocenters. The number of anilines is 1. The largest absolute Gasteiger partial charge is 0.490 e. The number of halogens is 1. The predicted molar refractivity (Wildman–Crippen MR) is 103 cm³/mol. The molecule has 122 valence electrons. The summed E-state index contributed by atoms with van der Waals surface area (Å²) in [6.07, 6.45) is 0.884. The van der Waals surface area contributed by atoms with Crippen molar-refractivity contribution in [2.24, 2.45) is 10.7 Å². The predicted octanol–water partition coefficient (Wildman–Crippen LogP) is 3.39. The minimum Gasteiger partial charge on any atom is -0.490 e. The molecule has 2 aromatic rings. The van der Waals surface area contributed by atoms with Crippen molar-refractivity contribution in [3.05, 3.63) is 54.1 Å². The molecule has 1 aliphatic heterocycles. The highest BCUT2D eigenvalue weighted by molar-refractivity contribution is 14.0. The van der Waals surface area contributed by atoms with Crippen molar-refractivity contribution in [1.29, 1.82) is 0 Å². The van der Waals surface area contributed by atoms with Gasteiger partial charge in [-0.1, -0.05) is 30.3 Å². The van der Waals surface area contributed by atoms with Crippen LogP contribution in [0.25, 0.3) is 0 Å². The van der Waals surface area contributed by atoms with E-state index in [1.165, 1.54) is 0 Å². The van der Waals surface area contributed by atoms with Crippen molar-refractivity contribution >= 4 is 35.6 Å². The molecule has 0 bridgehead atoms. The lowest BCUT2D eigenvalue weighted by Crippen LogP contribution is -2.22. The summed E-state index contributed by atoms with van der Waals surface area (Å²) in [5, 5.41) is 3.06. The van der Waals surface area contributed by atoms with Crippen LogP contribution < -0.4 is 20.5 Å². The fourth-order valence-corrected chi connectivity index (χ4v) is 2.26. The molecule has 3 N–H and O–H groups in total. The highest BCUT2D eigenvalue weighted by Gasteiger charge is 2.13. The summed E-state index contributed by atoms with van der Waals surface area (Å²) in [4.78, 5) is 4.38. The second-order valence-corrected chi connectivity index (χ2v) is 4.99. The van der Waals surface area contributed by atoms with E-state index >= 15 is 0 Å². The second kappa shape index (κ2) is 8.61. The number of hydrogen-bond donors (Lipinski definition) is 2. The lowest BCUT2D eigenvalue weighted by Gasteiger charge is -2.11. The zero-order valence-corrected chi connectivity index (χ0v) is 15.0. The van der Waals surface area contributed by atoms with Gasteiger partial charge in [-0.15, -0.1) is 24.0 Å². The third kappa shape index (κ3) is 4.75. The summed E-state index contributed by atoms with van der Waals surface area (Å²) in [5.74, 6) is 1.93. The summed E-state index contributed by atoms with van der Waals surface area (Å²) >= 11 is 0. The summed E-state index contributed by atoms with van der Waals surface area (Å²) in [6.45, 7) is 1.78. The third-order valence-electron chi connectivity index (χ3n) is 3.32. The zero-order valence-electron chi connectivity index (χ0n) is 12.7. The molecule has 0 saturated heterocycles. The van der Waals surface area contributed by atoms with Crippen LogP contribution in [0.2, 0.25) is 0 Å². The number of guanidine groups is 1. The summed E-state index contributed by atoms with van der Waals surface area (Å²) in [5.41, 5.74) is 7.81. The van der Waals surface area contributed by atoms with Gasteiger partial charge >= 0.3 is 0 Å². The van der Waals surface area contributed by atoms with Gasteiger partial charge in [0.2, 0.25) is 0 Å². The monoisotopic (exact) mass is 425 g/mol. The van der Waals surface area contributed by atoms with E-state index in [0.29, 0.717) is 25.7 Å². The van der Waals surface area contributed by atoms with Gasteiger partial charge in [0, 0.05) is 17.7 Å². The van der Waals surface area contributed by atoms with Crippen molar-refractivity contribution in [3.8, 4) is 11.5 Å². The Morgan fingerprint density at radius 3 is 2.65 bits per heavy atom. The molecule has 0 radical (unpaired) electrons. The van der Waals surface area contributed by atoms with Gasteiger partial charge in [0.05, 0.1) is 19.8 Å². The lowest BCUT2D eigenvalue weighted by atomic mass is 10.2. The first-order chi connectivity index (χ1) is 10.8. The number of rotatable bonds is 3. The normalized spacial score (nSPS) is 13.7. The summed E-state index contributed by atoms with van der Waals surface area (Å²) in [6, 6.07) is 15.6. The van der Waals surface area contributed by atoms with Crippen molar-refractivity contribution in [1.82, 2.24) is 0 Å². The van der Waals surface area contributed by atoms with E-state index < -0.39 is 0 Å². The van der Waals surface area contributed by atoms with Gasteiger partial charge in [-0.05, 0) is 18.2 Å². The smallest absolute Gasteiger partial charge is 0.193 e. The van der Waals surface area contributed by atoms with Crippen LogP contribution >= 0.6 is 24.0 Å². The van der Waals surface area contributed by atoms with Crippen molar-refractivity contribution in [2.45, 2.75) is 13.0 Å². The quantitative estimate of drug-likeness (QED) is 0.450. The maximum Gasteiger partial charge on any atom is 0.193 e. The Morgan fingerprint density at radius 1 is 1.04 bits per heavy atom. The summed E-state index contributed by atoms with van der Waals surface area (Å²) in [7, 11) is 0. The number of ether oxygens (including phenoxy) is 2. The van der Waals surface area contributed by atoms with E-state index in [-0.39, 0.29) is 24.0 Å². The molecule has 5 nitrogen and oxygen atoms in total. The molecule has 0 saturated carbocycles. The van der Waals surface area contributed by atoms with Crippen molar-refractivity contribution in [2.75, 3.05) is 18.5 Å². The molecule has 1 heterocycles. The van der Waals surface area contributed by atoms with Gasteiger partial charge in [-0.3, -0.25) is 0 Å². The van der Waals surface area contributed by atoms with Crippen LogP contribution in [0.1, 0.15) is 12.0 Å². The SMILES string of the molecule is I.NC(=NCc1cccc2c1OCCCO2)Nc1ccccc1.